The molecule has 0 amide bonds. The Morgan fingerprint density at radius 2 is 1.00 bits per heavy atom. The van der Waals surface area contributed by atoms with E-state index in [0.29, 0.717) is 45.2 Å². The fourth-order valence-corrected chi connectivity index (χ4v) is 8.42. The monoisotopic (exact) mass is 728 g/mol. The van der Waals surface area contributed by atoms with Crippen LogP contribution in [0.25, 0.3) is 0 Å². The third-order valence-electron chi connectivity index (χ3n) is 9.09. The summed E-state index contributed by atoms with van der Waals surface area (Å²) < 4.78 is 76.5. The van der Waals surface area contributed by atoms with Crippen LogP contribution in [0.4, 0.5) is 0 Å². The van der Waals surface area contributed by atoms with E-state index in [1.807, 2.05) is 13.8 Å². The molecule has 3 fully saturated rings. The normalized spacial score (nSPS) is 22.4. The largest absolute Gasteiger partial charge is 0.469 e. The van der Waals surface area contributed by atoms with Crippen molar-refractivity contribution in [2.45, 2.75) is 58.4 Å². The van der Waals surface area contributed by atoms with Gasteiger partial charge in [-0.05, 0) is 62.2 Å². The number of carbonyl (C=O) groups is 1. The van der Waals surface area contributed by atoms with Gasteiger partial charge >= 0.3 is 5.97 Å². The molecule has 3 heterocycles. The predicted molar refractivity (Wildman–Crippen MR) is 177 cm³/mol. The fourth-order valence-electron chi connectivity index (χ4n) is 5.80. The number of aliphatic hydroxyl groups is 2. The molecule has 0 saturated carbocycles. The highest BCUT2D eigenvalue weighted by Crippen LogP contribution is 2.27. The molecule has 0 aromatic carbocycles. The minimum Gasteiger partial charge on any atom is -0.469 e. The number of nitrogens with zero attached hydrogens (tertiary/aromatic N) is 3. The molecule has 3 atom stereocenters. The van der Waals surface area contributed by atoms with Crippen molar-refractivity contribution in [2.75, 3.05) is 78.4 Å². The van der Waals surface area contributed by atoms with Gasteiger partial charge in [-0.25, -0.2) is 38.2 Å². The Balaban J connectivity index is 0.000000640. The highest BCUT2D eigenvalue weighted by Gasteiger charge is 2.32. The van der Waals surface area contributed by atoms with Crippen LogP contribution in [-0.4, -0.2) is 139 Å². The van der Waals surface area contributed by atoms with Gasteiger partial charge in [0.1, 0.15) is 0 Å². The van der Waals surface area contributed by atoms with Crippen LogP contribution < -0.4 is 5.73 Å². The number of carbonyl (C=O) groups excluding carboxylic acids is 1. The summed E-state index contributed by atoms with van der Waals surface area (Å²) in [7, 11) is -7.77. The third kappa shape index (κ3) is 15.4. The van der Waals surface area contributed by atoms with Crippen LogP contribution in [0.3, 0.4) is 0 Å². The molecule has 0 bridgehead atoms. The van der Waals surface area contributed by atoms with Gasteiger partial charge in [-0.15, -0.1) is 12.4 Å². The molecule has 0 aromatic heterocycles. The number of esters is 1. The third-order valence-corrected chi connectivity index (χ3v) is 13.0. The lowest BCUT2D eigenvalue weighted by Crippen LogP contribution is -2.44. The molecule has 270 valence electrons. The second kappa shape index (κ2) is 20.0. The lowest BCUT2D eigenvalue weighted by molar-refractivity contribution is -0.147. The van der Waals surface area contributed by atoms with Crippen molar-refractivity contribution in [3.05, 3.63) is 0 Å². The van der Waals surface area contributed by atoms with E-state index in [1.165, 1.54) is 38.8 Å². The average molecular weight is 729 g/mol. The van der Waals surface area contributed by atoms with Crippen LogP contribution in [0.5, 0.6) is 0 Å². The first kappa shape index (κ1) is 44.4. The van der Waals surface area contributed by atoms with Crippen LogP contribution >= 0.6 is 12.4 Å². The Hall–Kier alpha value is -0.630. The molecule has 4 N–H and O–H groups in total. The van der Waals surface area contributed by atoms with Crippen molar-refractivity contribution < 1.29 is 45.0 Å². The molecule has 18 heteroatoms. The van der Waals surface area contributed by atoms with Gasteiger partial charge in [-0.1, -0.05) is 13.8 Å². The summed E-state index contributed by atoms with van der Waals surface area (Å²) in [4.78, 5) is 11.3. The highest BCUT2D eigenvalue weighted by molar-refractivity contribution is 7.88. The van der Waals surface area contributed by atoms with Crippen molar-refractivity contribution >= 4 is 48.4 Å². The molecule has 3 aliphatic rings. The van der Waals surface area contributed by atoms with E-state index >= 15 is 0 Å². The molecule has 14 nitrogen and oxygen atoms in total. The average Bonchev–Trinajstić information content (AvgIpc) is 2.99. The lowest BCUT2D eigenvalue weighted by Gasteiger charge is -2.32. The number of methoxy groups -OCH3 is 1. The van der Waals surface area contributed by atoms with Crippen molar-refractivity contribution in [2.24, 2.45) is 35.3 Å². The van der Waals surface area contributed by atoms with Gasteiger partial charge in [0.15, 0.2) is 0 Å². The summed E-state index contributed by atoms with van der Waals surface area (Å²) in [6, 6.07) is -0.211. The zero-order valence-corrected chi connectivity index (χ0v) is 30.8. The number of halogens is 1. The van der Waals surface area contributed by atoms with E-state index in [-0.39, 0.29) is 61.3 Å². The van der Waals surface area contributed by atoms with Gasteiger partial charge in [-0.2, -0.15) is 0 Å². The first-order chi connectivity index (χ1) is 20.3. The maximum atomic E-state index is 11.3. The van der Waals surface area contributed by atoms with Crippen LogP contribution in [0.15, 0.2) is 0 Å². The van der Waals surface area contributed by atoms with E-state index in [4.69, 9.17) is 15.9 Å². The second-order valence-electron chi connectivity index (χ2n) is 12.3. The SMILES string of the molecule is CC(CO)C1CCN(S(C)(=O)=O)CC1.COC(=O)C(C)C1CCN(S(C)(=O)=O)CC1.CS(=O)(=O)N1CCC(C(N)CO)CC1.Cl. The standard InChI is InChI=1S/C10H19NO4S.C9H19NO3S.C8H18N2O3S.ClH/c1-8(10(12)15-2)9-4-6-11(7-5-9)16(3,13)14;1-8(7-11)9-3-5-10(6-4-9)14(2,12)13;1-14(12,13)10-4-2-7(3-5-10)8(9)6-11;/h8-9H,4-7H2,1-3H3;8-9,11H,3-7H2,1-2H3;7-8,11H,2-6,9H2,1H3;1H. The Morgan fingerprint density at radius 3 is 1.27 bits per heavy atom. The number of sulfonamides is 3. The molecular weight excluding hydrogens is 672 g/mol. The van der Waals surface area contributed by atoms with Gasteiger partial charge in [0, 0.05) is 51.9 Å². The summed E-state index contributed by atoms with van der Waals surface area (Å²) in [6.45, 7) is 7.30. The van der Waals surface area contributed by atoms with E-state index in [1.54, 1.807) is 0 Å². The van der Waals surface area contributed by atoms with Crippen LogP contribution in [0.2, 0.25) is 0 Å². The molecule has 0 aliphatic carbocycles. The highest BCUT2D eigenvalue weighted by atomic mass is 35.5. The summed E-state index contributed by atoms with van der Waals surface area (Å²) in [5, 5.41) is 17.8. The number of hydrogen-bond donors (Lipinski definition) is 3. The molecule has 0 spiro atoms. The maximum Gasteiger partial charge on any atom is 0.308 e. The van der Waals surface area contributed by atoms with Crippen molar-refractivity contribution in [3.8, 4) is 0 Å². The molecule has 3 unspecified atom stereocenters. The topological polar surface area (TPSA) is 205 Å². The van der Waals surface area contributed by atoms with Gasteiger partial charge in [0.05, 0.1) is 38.4 Å². The van der Waals surface area contributed by atoms with E-state index in [2.05, 4.69) is 4.74 Å². The van der Waals surface area contributed by atoms with Crippen molar-refractivity contribution in [1.82, 2.24) is 12.9 Å². The second-order valence-corrected chi connectivity index (χ2v) is 18.3. The van der Waals surface area contributed by atoms with Gasteiger partial charge in [0.25, 0.3) is 0 Å². The number of hydrogen-bond acceptors (Lipinski definition) is 11. The molecule has 0 aromatic rings. The zero-order valence-electron chi connectivity index (χ0n) is 27.6. The summed E-state index contributed by atoms with van der Waals surface area (Å²) in [5.74, 6) is 0.877. The van der Waals surface area contributed by atoms with Crippen molar-refractivity contribution in [1.29, 1.82) is 0 Å². The Labute approximate surface area is 277 Å². The summed E-state index contributed by atoms with van der Waals surface area (Å²) >= 11 is 0. The molecule has 3 aliphatic heterocycles. The fraction of sp³-hybridized carbons (Fsp3) is 0.963. The molecule has 0 radical (unpaired) electrons. The van der Waals surface area contributed by atoms with Gasteiger partial charge in [0.2, 0.25) is 30.1 Å². The smallest absolute Gasteiger partial charge is 0.308 e. The summed E-state index contributed by atoms with van der Waals surface area (Å²) in [6.07, 6.45) is 8.37. The lowest BCUT2D eigenvalue weighted by atomic mass is 9.86. The van der Waals surface area contributed by atoms with Gasteiger partial charge in [-0.3, -0.25) is 4.79 Å². The van der Waals surface area contributed by atoms with Crippen LogP contribution in [0.1, 0.15) is 52.4 Å². The molecule has 3 saturated heterocycles. The Bertz CT molecular complexity index is 1130. The van der Waals surface area contributed by atoms with Crippen molar-refractivity contribution in [3.63, 3.8) is 0 Å². The Kier molecular flexibility index (Phi) is 19.7. The minimum atomic E-state index is -3.08. The number of aliphatic hydroxyl groups excluding tert-OH is 2. The van der Waals surface area contributed by atoms with Crippen LogP contribution in [0, 0.1) is 29.6 Å². The maximum absolute atomic E-state index is 11.3. The first-order valence-corrected chi connectivity index (χ1v) is 20.7. The number of rotatable bonds is 9. The van der Waals surface area contributed by atoms with Crippen LogP contribution in [-0.2, 0) is 39.6 Å². The molecular formula is C27H57ClN4O10S3. The quantitative estimate of drug-likeness (QED) is 0.273. The van der Waals surface area contributed by atoms with Gasteiger partial charge < -0.3 is 20.7 Å². The van der Waals surface area contributed by atoms with E-state index in [0.717, 1.165) is 38.5 Å². The number of ether oxygens (including phenoxy) is 1. The molecule has 3 rings (SSSR count). The molecule has 45 heavy (non-hydrogen) atoms. The van der Waals surface area contributed by atoms with E-state index in [9.17, 15) is 30.0 Å². The van der Waals surface area contributed by atoms with E-state index < -0.39 is 30.1 Å². The Morgan fingerprint density at radius 1 is 0.689 bits per heavy atom. The minimum absolute atomic E-state index is 0. The first-order valence-electron chi connectivity index (χ1n) is 15.2. The zero-order chi connectivity index (χ0) is 33.9. The number of piperidine rings is 3. The number of nitrogens with two attached hydrogens (primary N) is 1. The predicted octanol–water partition coefficient (Wildman–Crippen LogP) is 0.153. The summed E-state index contributed by atoms with van der Waals surface area (Å²) in [5.41, 5.74) is 5.68.